The minimum absolute atomic E-state index is 0.0633. The van der Waals surface area contributed by atoms with E-state index in [0.29, 0.717) is 5.69 Å². The smallest absolute Gasteiger partial charge is 0.325 e. The highest BCUT2D eigenvalue weighted by atomic mass is 16.2. The minimum atomic E-state index is -0.547. The van der Waals surface area contributed by atoms with Gasteiger partial charge in [-0.25, -0.2) is 4.79 Å². The Balaban J connectivity index is 1.69. The molecular weight excluding hydrogens is 262 g/mol. The molecule has 1 aliphatic rings. The second-order valence-corrected chi connectivity index (χ2v) is 4.36. The summed E-state index contributed by atoms with van der Waals surface area (Å²) in [5.74, 6) is -0.844. The third-order valence-corrected chi connectivity index (χ3v) is 2.96. The first kappa shape index (κ1) is 12.2. The first-order valence-electron chi connectivity index (χ1n) is 5.94. The summed E-state index contributed by atoms with van der Waals surface area (Å²) in [5.41, 5.74) is 1.36. The Labute approximate surface area is 113 Å². The molecule has 1 aromatic heterocycles. The van der Waals surface area contributed by atoms with Crippen LogP contribution in [-0.2, 0) is 9.59 Å². The number of nitrogens with one attached hydrogen (secondary N) is 3. The Kier molecular flexibility index (Phi) is 2.82. The van der Waals surface area contributed by atoms with Crippen LogP contribution in [0.4, 0.5) is 10.5 Å². The number of carbonyl (C=O) groups excluding carboxylic acids is 3. The number of benzene rings is 1. The molecule has 4 amide bonds. The quantitative estimate of drug-likeness (QED) is 0.687. The van der Waals surface area contributed by atoms with Crippen molar-refractivity contribution >= 4 is 34.4 Å². The molecule has 0 aliphatic carbocycles. The van der Waals surface area contributed by atoms with E-state index >= 15 is 0 Å². The summed E-state index contributed by atoms with van der Waals surface area (Å²) in [5, 5.41) is 12.6. The van der Waals surface area contributed by atoms with Gasteiger partial charge in [0, 0.05) is 11.1 Å². The SMILES string of the molecule is O=C(CN1C(=O)CNC1=O)Nc1ccc2cn[nH]c2c1. The van der Waals surface area contributed by atoms with Crippen molar-refractivity contribution in [1.82, 2.24) is 20.4 Å². The van der Waals surface area contributed by atoms with Crippen LogP contribution in [0.15, 0.2) is 24.4 Å². The summed E-state index contributed by atoms with van der Waals surface area (Å²) in [4.78, 5) is 35.4. The molecule has 1 aromatic carbocycles. The van der Waals surface area contributed by atoms with E-state index in [-0.39, 0.29) is 13.1 Å². The number of imide groups is 1. The van der Waals surface area contributed by atoms with E-state index in [1.54, 1.807) is 18.3 Å². The Morgan fingerprint density at radius 1 is 1.40 bits per heavy atom. The molecule has 1 fully saturated rings. The van der Waals surface area contributed by atoms with Crippen LogP contribution < -0.4 is 10.6 Å². The van der Waals surface area contributed by atoms with Gasteiger partial charge in [-0.3, -0.25) is 19.6 Å². The Morgan fingerprint density at radius 3 is 3.00 bits per heavy atom. The van der Waals surface area contributed by atoms with Crippen molar-refractivity contribution in [3.05, 3.63) is 24.4 Å². The zero-order valence-electron chi connectivity index (χ0n) is 10.3. The van der Waals surface area contributed by atoms with Gasteiger partial charge in [-0.05, 0) is 18.2 Å². The summed E-state index contributed by atoms with van der Waals surface area (Å²) < 4.78 is 0. The van der Waals surface area contributed by atoms with E-state index in [2.05, 4.69) is 20.8 Å². The molecule has 0 saturated carbocycles. The van der Waals surface area contributed by atoms with Gasteiger partial charge in [-0.1, -0.05) is 0 Å². The third kappa shape index (κ3) is 2.18. The summed E-state index contributed by atoms with van der Waals surface area (Å²) in [6.45, 7) is -0.363. The molecule has 2 heterocycles. The fraction of sp³-hybridized carbons (Fsp3) is 0.167. The first-order valence-corrected chi connectivity index (χ1v) is 5.94. The zero-order chi connectivity index (χ0) is 14.1. The lowest BCUT2D eigenvalue weighted by Gasteiger charge is -2.12. The van der Waals surface area contributed by atoms with Crippen LogP contribution in [0.25, 0.3) is 10.9 Å². The van der Waals surface area contributed by atoms with Crippen molar-refractivity contribution in [3.63, 3.8) is 0 Å². The minimum Gasteiger partial charge on any atom is -0.329 e. The lowest BCUT2D eigenvalue weighted by atomic mass is 10.2. The number of nitrogens with zero attached hydrogens (tertiary/aromatic N) is 2. The van der Waals surface area contributed by atoms with Crippen molar-refractivity contribution < 1.29 is 14.4 Å². The molecule has 8 nitrogen and oxygen atoms in total. The molecule has 8 heteroatoms. The average Bonchev–Trinajstić information content (AvgIpc) is 3.00. The number of rotatable bonds is 3. The largest absolute Gasteiger partial charge is 0.329 e. The van der Waals surface area contributed by atoms with Gasteiger partial charge in [0.05, 0.1) is 18.3 Å². The number of H-pyrrole nitrogens is 1. The van der Waals surface area contributed by atoms with Gasteiger partial charge in [0.25, 0.3) is 5.91 Å². The van der Waals surface area contributed by atoms with E-state index in [9.17, 15) is 14.4 Å². The number of hydrogen-bond donors (Lipinski definition) is 3. The van der Waals surface area contributed by atoms with Gasteiger partial charge in [-0.15, -0.1) is 0 Å². The van der Waals surface area contributed by atoms with Gasteiger partial charge >= 0.3 is 6.03 Å². The van der Waals surface area contributed by atoms with Crippen LogP contribution in [0, 0.1) is 0 Å². The van der Waals surface area contributed by atoms with Crippen molar-refractivity contribution in [2.75, 3.05) is 18.4 Å². The van der Waals surface area contributed by atoms with Crippen LogP contribution in [0.2, 0.25) is 0 Å². The van der Waals surface area contributed by atoms with E-state index < -0.39 is 17.8 Å². The molecule has 1 saturated heterocycles. The molecule has 20 heavy (non-hydrogen) atoms. The van der Waals surface area contributed by atoms with Crippen LogP contribution in [-0.4, -0.2) is 46.0 Å². The average molecular weight is 273 g/mol. The maximum absolute atomic E-state index is 11.8. The third-order valence-electron chi connectivity index (χ3n) is 2.96. The second kappa shape index (κ2) is 4.65. The Bertz CT molecular complexity index is 692. The van der Waals surface area contributed by atoms with Gasteiger partial charge in [0.1, 0.15) is 6.54 Å². The molecule has 3 rings (SSSR count). The number of anilines is 1. The standard InChI is InChI=1S/C12H11N5O3/c18-10(6-17-11(19)5-13-12(17)20)15-8-2-1-7-4-14-16-9(7)3-8/h1-4H,5-6H2,(H,13,20)(H,14,16)(H,15,18). The molecule has 0 unspecified atom stereocenters. The molecular formula is C12H11N5O3. The van der Waals surface area contributed by atoms with Gasteiger partial charge in [0.15, 0.2) is 0 Å². The van der Waals surface area contributed by atoms with Gasteiger partial charge in [-0.2, -0.15) is 5.10 Å². The summed E-state index contributed by atoms with van der Waals surface area (Å²) in [7, 11) is 0. The number of aromatic nitrogens is 2. The molecule has 0 radical (unpaired) electrons. The van der Waals surface area contributed by atoms with Crippen molar-refractivity contribution in [1.29, 1.82) is 0 Å². The van der Waals surface area contributed by atoms with Crippen LogP contribution >= 0.6 is 0 Å². The number of aromatic amines is 1. The van der Waals surface area contributed by atoms with Crippen molar-refractivity contribution in [2.45, 2.75) is 0 Å². The first-order chi connectivity index (χ1) is 9.63. The number of carbonyl (C=O) groups is 3. The zero-order valence-corrected chi connectivity index (χ0v) is 10.3. The van der Waals surface area contributed by atoms with Crippen LogP contribution in [0.1, 0.15) is 0 Å². The van der Waals surface area contributed by atoms with Gasteiger partial charge in [0.2, 0.25) is 5.91 Å². The number of fused-ring (bicyclic) bond motifs is 1. The van der Waals surface area contributed by atoms with E-state index in [4.69, 9.17) is 0 Å². The van der Waals surface area contributed by atoms with E-state index in [1.807, 2.05) is 6.07 Å². The fourth-order valence-electron chi connectivity index (χ4n) is 1.97. The second-order valence-electron chi connectivity index (χ2n) is 4.36. The normalized spacial score (nSPS) is 14.7. The maximum atomic E-state index is 11.8. The summed E-state index contributed by atoms with van der Waals surface area (Å²) in [6.07, 6.45) is 1.67. The number of urea groups is 1. The molecule has 0 spiro atoms. The van der Waals surface area contributed by atoms with Crippen LogP contribution in [0.5, 0.6) is 0 Å². The predicted octanol–water partition coefficient (Wildman–Crippen LogP) is 0.0532. The summed E-state index contributed by atoms with van der Waals surface area (Å²) in [6, 6.07) is 4.71. The summed E-state index contributed by atoms with van der Waals surface area (Å²) >= 11 is 0. The molecule has 0 bridgehead atoms. The fourth-order valence-corrected chi connectivity index (χ4v) is 1.97. The lowest BCUT2D eigenvalue weighted by Crippen LogP contribution is -2.38. The highest BCUT2D eigenvalue weighted by molar-refractivity contribution is 6.06. The lowest BCUT2D eigenvalue weighted by molar-refractivity contribution is -0.128. The number of hydrogen-bond acceptors (Lipinski definition) is 4. The predicted molar refractivity (Wildman–Crippen MR) is 69.8 cm³/mol. The monoisotopic (exact) mass is 273 g/mol. The Morgan fingerprint density at radius 2 is 2.25 bits per heavy atom. The molecule has 0 atom stereocenters. The Hall–Kier alpha value is -2.90. The van der Waals surface area contributed by atoms with Gasteiger partial charge < -0.3 is 10.6 Å². The van der Waals surface area contributed by atoms with Crippen LogP contribution in [0.3, 0.4) is 0 Å². The highest BCUT2D eigenvalue weighted by Crippen LogP contribution is 2.16. The van der Waals surface area contributed by atoms with Crippen molar-refractivity contribution in [3.8, 4) is 0 Å². The topological polar surface area (TPSA) is 107 Å². The van der Waals surface area contributed by atoms with Crippen molar-refractivity contribution in [2.24, 2.45) is 0 Å². The number of amides is 4. The molecule has 3 N–H and O–H groups in total. The molecule has 1 aliphatic heterocycles. The maximum Gasteiger partial charge on any atom is 0.325 e. The molecule has 2 aromatic rings. The molecule has 102 valence electrons. The van der Waals surface area contributed by atoms with E-state index in [0.717, 1.165) is 15.8 Å². The van der Waals surface area contributed by atoms with E-state index in [1.165, 1.54) is 0 Å². The highest BCUT2D eigenvalue weighted by Gasteiger charge is 2.30.